The Kier molecular flexibility index (Phi) is 4.27. The van der Waals surface area contributed by atoms with Crippen molar-refractivity contribution in [2.75, 3.05) is 19.4 Å². The van der Waals surface area contributed by atoms with Crippen molar-refractivity contribution in [1.29, 1.82) is 0 Å². The first-order valence-electron chi connectivity index (χ1n) is 4.85. The number of hydrazine groups is 1. The molecule has 0 atom stereocenters. The molecular weight excluding hydrogens is 190 g/mol. The van der Waals surface area contributed by atoms with Crippen molar-refractivity contribution in [2.45, 2.75) is 13.5 Å². The molecule has 82 valence electrons. The lowest BCUT2D eigenvalue weighted by Crippen LogP contribution is -2.29. The molecule has 0 spiro atoms. The molecule has 0 unspecified atom stereocenters. The van der Waals surface area contributed by atoms with Crippen LogP contribution in [-0.4, -0.2) is 25.0 Å². The Balaban J connectivity index is 2.52. The third-order valence-electron chi connectivity index (χ3n) is 1.87. The summed E-state index contributed by atoms with van der Waals surface area (Å²) in [6.07, 6.45) is 0. The van der Waals surface area contributed by atoms with E-state index >= 15 is 0 Å². The Morgan fingerprint density at radius 2 is 1.87 bits per heavy atom. The summed E-state index contributed by atoms with van der Waals surface area (Å²) in [5.74, 6) is -0.0471. The highest BCUT2D eigenvalue weighted by atomic mass is 16.1. The number of amides is 1. The topological polar surface area (TPSA) is 44.4 Å². The minimum absolute atomic E-state index is 0.0471. The number of hydrogen-bond acceptors (Lipinski definition) is 3. The maximum atomic E-state index is 10.8. The molecule has 0 bridgehead atoms. The van der Waals surface area contributed by atoms with E-state index in [0.717, 1.165) is 12.2 Å². The summed E-state index contributed by atoms with van der Waals surface area (Å²) in [5, 5.41) is 4.63. The molecule has 0 radical (unpaired) electrons. The van der Waals surface area contributed by atoms with Crippen molar-refractivity contribution in [3.63, 3.8) is 0 Å². The lowest BCUT2D eigenvalue weighted by atomic mass is 10.2. The third-order valence-corrected chi connectivity index (χ3v) is 1.87. The van der Waals surface area contributed by atoms with Gasteiger partial charge >= 0.3 is 0 Å². The van der Waals surface area contributed by atoms with Crippen LogP contribution in [0.15, 0.2) is 24.3 Å². The molecule has 0 aliphatic heterocycles. The van der Waals surface area contributed by atoms with Crippen LogP contribution in [0.4, 0.5) is 5.69 Å². The number of carbonyl (C=O) groups is 1. The van der Waals surface area contributed by atoms with Crippen LogP contribution in [0.25, 0.3) is 0 Å². The lowest BCUT2D eigenvalue weighted by molar-refractivity contribution is -0.114. The first kappa shape index (κ1) is 11.7. The van der Waals surface area contributed by atoms with Crippen molar-refractivity contribution in [2.24, 2.45) is 0 Å². The first-order chi connectivity index (χ1) is 7.08. The van der Waals surface area contributed by atoms with Crippen LogP contribution in [0.3, 0.4) is 0 Å². The van der Waals surface area contributed by atoms with E-state index in [1.54, 1.807) is 0 Å². The Morgan fingerprint density at radius 1 is 1.27 bits per heavy atom. The number of nitrogens with one attached hydrogen (secondary N) is 2. The van der Waals surface area contributed by atoms with E-state index in [2.05, 4.69) is 10.7 Å². The van der Waals surface area contributed by atoms with Gasteiger partial charge in [0.05, 0.1) is 0 Å². The van der Waals surface area contributed by atoms with Gasteiger partial charge in [0.1, 0.15) is 0 Å². The quantitative estimate of drug-likeness (QED) is 0.729. The second kappa shape index (κ2) is 5.48. The monoisotopic (exact) mass is 207 g/mol. The van der Waals surface area contributed by atoms with Crippen LogP contribution in [0.1, 0.15) is 12.5 Å². The zero-order valence-corrected chi connectivity index (χ0v) is 9.37. The van der Waals surface area contributed by atoms with E-state index in [1.165, 1.54) is 12.5 Å². The molecule has 2 N–H and O–H groups in total. The molecule has 0 heterocycles. The van der Waals surface area contributed by atoms with Gasteiger partial charge < -0.3 is 5.32 Å². The SMILES string of the molecule is CC(=O)Nc1ccc(CNN(C)C)cc1. The Morgan fingerprint density at radius 3 is 2.33 bits per heavy atom. The summed E-state index contributed by atoms with van der Waals surface area (Å²) in [4.78, 5) is 10.8. The molecule has 1 aromatic carbocycles. The molecule has 0 aromatic heterocycles. The van der Waals surface area contributed by atoms with E-state index in [1.807, 2.05) is 43.4 Å². The molecule has 1 amide bonds. The zero-order chi connectivity index (χ0) is 11.3. The summed E-state index contributed by atoms with van der Waals surface area (Å²) < 4.78 is 0. The van der Waals surface area contributed by atoms with E-state index < -0.39 is 0 Å². The Hall–Kier alpha value is -1.39. The fourth-order valence-corrected chi connectivity index (χ4v) is 1.16. The van der Waals surface area contributed by atoms with Gasteiger partial charge in [0.15, 0.2) is 0 Å². The lowest BCUT2D eigenvalue weighted by Gasteiger charge is -2.12. The summed E-state index contributed by atoms with van der Waals surface area (Å²) in [6, 6.07) is 7.77. The molecule has 4 nitrogen and oxygen atoms in total. The van der Waals surface area contributed by atoms with Crippen molar-refractivity contribution < 1.29 is 4.79 Å². The fraction of sp³-hybridized carbons (Fsp3) is 0.364. The average molecular weight is 207 g/mol. The molecule has 4 heteroatoms. The van der Waals surface area contributed by atoms with Gasteiger partial charge in [-0.1, -0.05) is 12.1 Å². The minimum atomic E-state index is -0.0471. The first-order valence-corrected chi connectivity index (χ1v) is 4.85. The maximum absolute atomic E-state index is 10.8. The van der Waals surface area contributed by atoms with Gasteiger partial charge in [0.25, 0.3) is 0 Å². The van der Waals surface area contributed by atoms with Crippen molar-refractivity contribution >= 4 is 11.6 Å². The van der Waals surface area contributed by atoms with Crippen LogP contribution >= 0.6 is 0 Å². The Labute approximate surface area is 90.2 Å². The number of hydrogen-bond donors (Lipinski definition) is 2. The molecule has 0 saturated heterocycles. The van der Waals surface area contributed by atoms with Gasteiger partial charge in [-0.3, -0.25) is 15.2 Å². The van der Waals surface area contributed by atoms with E-state index in [9.17, 15) is 4.79 Å². The largest absolute Gasteiger partial charge is 0.326 e. The van der Waals surface area contributed by atoms with Gasteiger partial charge in [0, 0.05) is 33.3 Å². The fourth-order valence-electron chi connectivity index (χ4n) is 1.16. The number of benzene rings is 1. The van der Waals surface area contributed by atoms with Gasteiger partial charge in [-0.2, -0.15) is 0 Å². The highest BCUT2D eigenvalue weighted by Crippen LogP contribution is 2.09. The molecule has 0 saturated carbocycles. The van der Waals surface area contributed by atoms with E-state index in [4.69, 9.17) is 0 Å². The highest BCUT2D eigenvalue weighted by molar-refractivity contribution is 5.88. The molecule has 0 aliphatic carbocycles. The number of carbonyl (C=O) groups excluding carboxylic acids is 1. The second-order valence-corrected chi connectivity index (χ2v) is 3.61. The summed E-state index contributed by atoms with van der Waals surface area (Å²) in [5.41, 5.74) is 5.18. The smallest absolute Gasteiger partial charge is 0.221 e. The van der Waals surface area contributed by atoms with Gasteiger partial charge in [-0.15, -0.1) is 0 Å². The molecule has 1 aromatic rings. The van der Waals surface area contributed by atoms with Crippen LogP contribution in [0, 0.1) is 0 Å². The van der Waals surface area contributed by atoms with Crippen molar-refractivity contribution in [1.82, 2.24) is 10.4 Å². The van der Waals surface area contributed by atoms with E-state index in [-0.39, 0.29) is 5.91 Å². The average Bonchev–Trinajstić information content (AvgIpc) is 2.16. The molecular formula is C11H17N3O. The second-order valence-electron chi connectivity index (χ2n) is 3.61. The normalized spacial score (nSPS) is 10.4. The molecule has 0 aliphatic rings. The number of rotatable bonds is 4. The summed E-state index contributed by atoms with van der Waals surface area (Å²) >= 11 is 0. The predicted molar refractivity (Wildman–Crippen MR) is 61.3 cm³/mol. The van der Waals surface area contributed by atoms with Gasteiger partial charge in [0.2, 0.25) is 5.91 Å². The Bertz CT molecular complexity index is 319. The van der Waals surface area contributed by atoms with Crippen LogP contribution < -0.4 is 10.7 Å². The van der Waals surface area contributed by atoms with Crippen molar-refractivity contribution in [3.05, 3.63) is 29.8 Å². The minimum Gasteiger partial charge on any atom is -0.326 e. The predicted octanol–water partition coefficient (Wildman–Crippen LogP) is 1.21. The standard InChI is InChI=1S/C11H17N3O/c1-9(15)13-11-6-4-10(5-7-11)8-12-14(2)3/h4-7,12H,8H2,1-3H3,(H,13,15). The summed E-state index contributed by atoms with van der Waals surface area (Å²) in [6.45, 7) is 2.29. The molecule has 15 heavy (non-hydrogen) atoms. The number of nitrogens with zero attached hydrogens (tertiary/aromatic N) is 1. The van der Waals surface area contributed by atoms with Gasteiger partial charge in [-0.05, 0) is 17.7 Å². The number of anilines is 1. The molecule has 1 rings (SSSR count). The van der Waals surface area contributed by atoms with E-state index in [0.29, 0.717) is 0 Å². The molecule has 0 fully saturated rings. The van der Waals surface area contributed by atoms with Crippen molar-refractivity contribution in [3.8, 4) is 0 Å². The maximum Gasteiger partial charge on any atom is 0.221 e. The third kappa shape index (κ3) is 4.58. The van der Waals surface area contributed by atoms with Gasteiger partial charge in [-0.25, -0.2) is 0 Å². The van der Waals surface area contributed by atoms with Crippen LogP contribution in [-0.2, 0) is 11.3 Å². The zero-order valence-electron chi connectivity index (χ0n) is 9.37. The van der Waals surface area contributed by atoms with Crippen LogP contribution in [0.2, 0.25) is 0 Å². The van der Waals surface area contributed by atoms with Crippen LogP contribution in [0.5, 0.6) is 0 Å². The highest BCUT2D eigenvalue weighted by Gasteiger charge is 1.96. The summed E-state index contributed by atoms with van der Waals surface area (Å²) in [7, 11) is 3.90.